The lowest BCUT2D eigenvalue weighted by molar-refractivity contribution is 0.115. The molecule has 1 fully saturated rings. The molecule has 0 aliphatic carbocycles. The van der Waals surface area contributed by atoms with Gasteiger partial charge in [-0.2, -0.15) is 0 Å². The van der Waals surface area contributed by atoms with E-state index in [1.54, 1.807) is 7.11 Å². The molecule has 0 aromatic carbocycles. The fraction of sp³-hybridized carbons (Fsp3) is 0.684. The highest BCUT2D eigenvalue weighted by atomic mass is 16.5. The van der Waals surface area contributed by atoms with E-state index in [2.05, 4.69) is 41.8 Å². The van der Waals surface area contributed by atoms with E-state index < -0.39 is 0 Å². The lowest BCUT2D eigenvalue weighted by Gasteiger charge is -2.37. The van der Waals surface area contributed by atoms with Gasteiger partial charge in [0.05, 0.1) is 6.61 Å². The highest BCUT2D eigenvalue weighted by Crippen LogP contribution is 2.10. The van der Waals surface area contributed by atoms with Crippen LogP contribution in [-0.4, -0.2) is 87.9 Å². The van der Waals surface area contributed by atoms with E-state index in [0.717, 1.165) is 45.0 Å². The molecular weight excluding hydrogens is 302 g/mol. The van der Waals surface area contributed by atoms with Gasteiger partial charge in [-0.15, -0.1) is 0 Å². The van der Waals surface area contributed by atoms with Gasteiger partial charge in [-0.05, 0) is 32.2 Å². The summed E-state index contributed by atoms with van der Waals surface area (Å²) in [5.41, 5.74) is 1.02. The van der Waals surface area contributed by atoms with Crippen LogP contribution >= 0.6 is 0 Å². The van der Waals surface area contributed by atoms with Gasteiger partial charge in [0, 0.05) is 52.1 Å². The first kappa shape index (κ1) is 20.7. The zero-order chi connectivity index (χ0) is 17.8. The third-order valence-electron chi connectivity index (χ3n) is 4.22. The summed E-state index contributed by atoms with van der Waals surface area (Å²) in [6, 6.07) is 0. The summed E-state index contributed by atoms with van der Waals surface area (Å²) in [5.74, 6) is 0.644. The molecule has 0 saturated carbocycles. The first-order chi connectivity index (χ1) is 11.6. The third kappa shape index (κ3) is 8.52. The van der Waals surface area contributed by atoms with Crippen molar-refractivity contribution >= 4 is 0 Å². The van der Waals surface area contributed by atoms with Gasteiger partial charge in [0.2, 0.25) is 0 Å². The molecule has 0 aromatic heterocycles. The van der Waals surface area contributed by atoms with Crippen molar-refractivity contribution in [2.45, 2.75) is 13.3 Å². The van der Waals surface area contributed by atoms with Gasteiger partial charge in [0.1, 0.15) is 12.4 Å². The quantitative estimate of drug-likeness (QED) is 0.309. The number of methoxy groups -OCH3 is 1. The summed E-state index contributed by atoms with van der Waals surface area (Å²) in [6.45, 7) is 19.1. The number of piperazine rings is 1. The fourth-order valence-corrected chi connectivity index (χ4v) is 2.66. The van der Waals surface area contributed by atoms with E-state index in [4.69, 9.17) is 9.47 Å². The van der Waals surface area contributed by atoms with Crippen molar-refractivity contribution in [2.24, 2.45) is 0 Å². The van der Waals surface area contributed by atoms with Gasteiger partial charge in [-0.1, -0.05) is 20.1 Å². The molecule has 5 nitrogen and oxygen atoms in total. The summed E-state index contributed by atoms with van der Waals surface area (Å²) in [7, 11) is 3.86. The summed E-state index contributed by atoms with van der Waals surface area (Å²) >= 11 is 0. The maximum atomic E-state index is 5.43. The molecule has 0 amide bonds. The van der Waals surface area contributed by atoms with E-state index in [0.29, 0.717) is 19.0 Å². The Bertz CT molecular complexity index is 401. The Labute approximate surface area is 148 Å². The Kier molecular flexibility index (Phi) is 10.5. The van der Waals surface area contributed by atoms with Crippen LogP contribution in [0.5, 0.6) is 0 Å². The Morgan fingerprint density at radius 3 is 2.42 bits per heavy atom. The molecular formula is C19H35N3O2. The van der Waals surface area contributed by atoms with Crippen LogP contribution in [0.4, 0.5) is 0 Å². The van der Waals surface area contributed by atoms with Gasteiger partial charge in [0.25, 0.3) is 0 Å². The first-order valence-corrected chi connectivity index (χ1v) is 8.90. The molecule has 0 atom stereocenters. The number of ether oxygens (including phenoxy) is 2. The van der Waals surface area contributed by atoms with Crippen LogP contribution < -0.4 is 0 Å². The average Bonchev–Trinajstić information content (AvgIpc) is 2.59. The van der Waals surface area contributed by atoms with E-state index in [1.807, 2.05) is 12.2 Å². The smallest absolute Gasteiger partial charge is 0.112 e. The molecule has 1 aliphatic rings. The van der Waals surface area contributed by atoms with Crippen molar-refractivity contribution in [3.05, 3.63) is 36.8 Å². The molecule has 0 unspecified atom stereocenters. The van der Waals surface area contributed by atoms with Crippen molar-refractivity contribution in [1.82, 2.24) is 14.7 Å². The number of allylic oxidation sites excluding steroid dienone is 2. The minimum absolute atomic E-state index is 0.525. The fourth-order valence-electron chi connectivity index (χ4n) is 2.66. The van der Waals surface area contributed by atoms with Crippen molar-refractivity contribution < 1.29 is 9.47 Å². The van der Waals surface area contributed by atoms with Gasteiger partial charge < -0.3 is 19.3 Å². The first-order valence-electron chi connectivity index (χ1n) is 8.90. The van der Waals surface area contributed by atoms with Crippen LogP contribution in [0.15, 0.2) is 36.8 Å². The van der Waals surface area contributed by atoms with E-state index in [9.17, 15) is 0 Å². The second-order valence-electron chi connectivity index (χ2n) is 6.26. The Balaban J connectivity index is 2.24. The van der Waals surface area contributed by atoms with E-state index in [1.165, 1.54) is 13.0 Å². The zero-order valence-electron chi connectivity index (χ0n) is 15.8. The van der Waals surface area contributed by atoms with Gasteiger partial charge >= 0.3 is 0 Å². The van der Waals surface area contributed by atoms with Gasteiger partial charge in [0.15, 0.2) is 0 Å². The van der Waals surface area contributed by atoms with Crippen LogP contribution in [0.25, 0.3) is 0 Å². The molecule has 5 heteroatoms. The largest absolute Gasteiger partial charge is 0.492 e. The Hall–Kier alpha value is -1.30. The lowest BCUT2D eigenvalue weighted by atomic mass is 10.2. The molecule has 1 saturated heterocycles. The Morgan fingerprint density at radius 2 is 1.79 bits per heavy atom. The Morgan fingerprint density at radius 1 is 1.08 bits per heavy atom. The van der Waals surface area contributed by atoms with Crippen LogP contribution in [0.1, 0.15) is 13.3 Å². The van der Waals surface area contributed by atoms with Gasteiger partial charge in [-0.3, -0.25) is 4.90 Å². The van der Waals surface area contributed by atoms with Crippen LogP contribution in [0.2, 0.25) is 0 Å². The maximum Gasteiger partial charge on any atom is 0.112 e. The monoisotopic (exact) mass is 337 g/mol. The predicted molar refractivity (Wildman–Crippen MR) is 101 cm³/mol. The highest BCUT2D eigenvalue weighted by Gasteiger charge is 2.16. The second-order valence-corrected chi connectivity index (χ2v) is 6.26. The topological polar surface area (TPSA) is 28.2 Å². The lowest BCUT2D eigenvalue weighted by Crippen LogP contribution is -2.47. The molecule has 1 rings (SSSR count). The molecule has 24 heavy (non-hydrogen) atoms. The molecule has 0 bridgehead atoms. The second kappa shape index (κ2) is 12.1. The van der Waals surface area contributed by atoms with Crippen LogP contribution in [0.3, 0.4) is 0 Å². The molecule has 138 valence electrons. The summed E-state index contributed by atoms with van der Waals surface area (Å²) in [6.07, 6.45) is 5.08. The van der Waals surface area contributed by atoms with Crippen LogP contribution in [0, 0.1) is 0 Å². The molecule has 1 heterocycles. The number of likely N-dealkylation sites (N-methyl/N-ethyl adjacent to an activating group) is 1. The maximum absolute atomic E-state index is 5.43. The van der Waals surface area contributed by atoms with Crippen molar-refractivity contribution in [1.29, 1.82) is 0 Å². The van der Waals surface area contributed by atoms with E-state index >= 15 is 0 Å². The number of rotatable bonds is 12. The SMILES string of the molecule is C=C(/C=C\C(=C)N1CCN(CCN(C)CCC)CC1)OCCOC. The molecule has 1 aliphatic heterocycles. The summed E-state index contributed by atoms with van der Waals surface area (Å²) in [4.78, 5) is 7.26. The zero-order valence-corrected chi connectivity index (χ0v) is 15.8. The van der Waals surface area contributed by atoms with Crippen molar-refractivity contribution in [2.75, 3.05) is 73.2 Å². The normalized spacial score (nSPS) is 16.1. The third-order valence-corrected chi connectivity index (χ3v) is 4.22. The molecule has 0 radical (unpaired) electrons. The minimum Gasteiger partial charge on any atom is -0.492 e. The predicted octanol–water partition coefficient (Wildman–Crippen LogP) is 2.19. The van der Waals surface area contributed by atoms with Crippen LogP contribution in [-0.2, 0) is 9.47 Å². The van der Waals surface area contributed by atoms with E-state index in [-0.39, 0.29) is 0 Å². The van der Waals surface area contributed by atoms with Crippen molar-refractivity contribution in [3.8, 4) is 0 Å². The van der Waals surface area contributed by atoms with Crippen molar-refractivity contribution in [3.63, 3.8) is 0 Å². The van der Waals surface area contributed by atoms with Gasteiger partial charge in [-0.25, -0.2) is 0 Å². The number of hydrogen-bond donors (Lipinski definition) is 0. The average molecular weight is 338 g/mol. The molecule has 0 aromatic rings. The summed E-state index contributed by atoms with van der Waals surface area (Å²) < 4.78 is 10.4. The minimum atomic E-state index is 0.525. The highest BCUT2D eigenvalue weighted by molar-refractivity contribution is 5.21. The molecule has 0 N–H and O–H groups in total. The number of nitrogens with zero attached hydrogens (tertiary/aromatic N) is 3. The standard InChI is InChI=1S/C19H35N3O2/c1-6-9-20(4)10-11-21-12-14-22(15-13-21)18(2)7-8-19(3)24-17-16-23-5/h7-8H,2-3,6,9-17H2,1,4-5H3/b8-7-. The summed E-state index contributed by atoms with van der Waals surface area (Å²) in [5, 5.41) is 0. The number of hydrogen-bond acceptors (Lipinski definition) is 5. The molecule has 0 spiro atoms.